The summed E-state index contributed by atoms with van der Waals surface area (Å²) in [5.74, 6) is 0. The molecule has 0 aliphatic carbocycles. The first-order valence-electron chi connectivity index (χ1n) is 6.82. The Morgan fingerprint density at radius 3 is 1.61 bits per heavy atom. The van der Waals surface area contributed by atoms with Crippen LogP contribution < -0.4 is 5.73 Å². The van der Waals surface area contributed by atoms with Crippen LogP contribution in [-0.4, -0.2) is 35.2 Å². The molecule has 0 aromatic heterocycles. The van der Waals surface area contributed by atoms with Crippen LogP contribution in [0.25, 0.3) is 0 Å². The van der Waals surface area contributed by atoms with Crippen molar-refractivity contribution in [3.8, 4) is 0 Å². The summed E-state index contributed by atoms with van der Waals surface area (Å²) in [5.41, 5.74) is 6.03. The fourth-order valence-corrected chi connectivity index (χ4v) is 5.46. The van der Waals surface area contributed by atoms with Gasteiger partial charge in [0.1, 0.15) is 0 Å². The van der Waals surface area contributed by atoms with Gasteiger partial charge in [-0.1, -0.05) is 13.3 Å². The van der Waals surface area contributed by atoms with E-state index in [2.05, 4.69) is 6.92 Å². The molecule has 0 amide bonds. The van der Waals surface area contributed by atoms with Gasteiger partial charge >= 0.3 is 8.80 Å². The molecule has 0 fully saturated rings. The van der Waals surface area contributed by atoms with E-state index >= 15 is 0 Å². The maximum atomic E-state index is 5.92. The fourth-order valence-electron chi connectivity index (χ4n) is 2.13. The highest BCUT2D eigenvalue weighted by Gasteiger charge is 2.47. The second kappa shape index (κ2) is 12.4. The number of hydrogen-bond acceptors (Lipinski definition) is 4. The van der Waals surface area contributed by atoms with E-state index in [1.807, 2.05) is 20.8 Å². The lowest BCUT2D eigenvalue weighted by molar-refractivity contribution is 0.0587. The summed E-state index contributed by atoms with van der Waals surface area (Å²) in [6, 6.07) is 0. The Kier molecular flexibility index (Phi) is 14.2. The molecule has 0 saturated carbocycles. The monoisotopic (exact) mass is 299 g/mol. The largest absolute Gasteiger partial charge is 0.504 e. The summed E-state index contributed by atoms with van der Waals surface area (Å²) in [6.07, 6.45) is 3.08. The molecule has 2 N–H and O–H groups in total. The average Bonchev–Trinajstić information content (AvgIpc) is 2.29. The Morgan fingerprint density at radius 1 is 0.889 bits per heavy atom. The molecule has 0 heterocycles. The molecule has 0 aliphatic rings. The summed E-state index contributed by atoms with van der Waals surface area (Å²) in [4.78, 5) is 0. The van der Waals surface area contributed by atoms with Crippen LogP contribution in [0.2, 0.25) is 5.54 Å². The first-order chi connectivity index (χ1) is 8.20. The van der Waals surface area contributed by atoms with Crippen LogP contribution in [0.1, 0.15) is 47.0 Å². The molecule has 0 saturated heterocycles. The van der Waals surface area contributed by atoms with Gasteiger partial charge in [-0.25, -0.2) is 0 Å². The summed E-state index contributed by atoms with van der Waals surface area (Å²) in [6.45, 7) is 10.7. The van der Waals surface area contributed by atoms with Crippen molar-refractivity contribution in [2.45, 2.75) is 52.5 Å². The standard InChI is InChI=1S/C12H29NO3Si.ClH/c1-5-9-12(10-11-13)17(14-6-2,15-7-3)16-8-4;/h12H,5-11,13H2,1-4H3;1H. The maximum Gasteiger partial charge on any atom is 0.504 e. The minimum absolute atomic E-state index is 0. The van der Waals surface area contributed by atoms with E-state index in [0.717, 1.165) is 19.3 Å². The molecule has 1 unspecified atom stereocenters. The van der Waals surface area contributed by atoms with Gasteiger partial charge in [0.25, 0.3) is 0 Å². The van der Waals surface area contributed by atoms with E-state index in [0.29, 0.717) is 31.9 Å². The van der Waals surface area contributed by atoms with Crippen LogP contribution in [0.5, 0.6) is 0 Å². The zero-order chi connectivity index (χ0) is 13.1. The van der Waals surface area contributed by atoms with Gasteiger partial charge in [-0.2, -0.15) is 0 Å². The van der Waals surface area contributed by atoms with Crippen molar-refractivity contribution in [1.82, 2.24) is 0 Å². The third-order valence-electron chi connectivity index (χ3n) is 2.69. The van der Waals surface area contributed by atoms with Gasteiger partial charge < -0.3 is 19.0 Å². The highest BCUT2D eigenvalue weighted by molar-refractivity contribution is 6.62. The molecule has 112 valence electrons. The number of rotatable bonds is 11. The minimum Gasteiger partial charge on any atom is -0.374 e. The second-order valence-electron chi connectivity index (χ2n) is 3.97. The second-order valence-corrected chi connectivity index (χ2v) is 6.86. The van der Waals surface area contributed by atoms with Gasteiger partial charge in [-0.15, -0.1) is 12.4 Å². The van der Waals surface area contributed by atoms with Crippen molar-refractivity contribution in [3.05, 3.63) is 0 Å². The SMILES string of the molecule is CCCC(CCN)[Si](OCC)(OCC)OCC.Cl. The van der Waals surface area contributed by atoms with E-state index < -0.39 is 8.80 Å². The van der Waals surface area contributed by atoms with E-state index in [9.17, 15) is 0 Å². The van der Waals surface area contributed by atoms with Gasteiger partial charge in [-0.05, 0) is 40.2 Å². The molecule has 0 aromatic rings. The zero-order valence-electron chi connectivity index (χ0n) is 12.2. The molecule has 0 spiro atoms. The highest BCUT2D eigenvalue weighted by Crippen LogP contribution is 2.33. The van der Waals surface area contributed by atoms with Crippen LogP contribution in [0.4, 0.5) is 0 Å². The number of halogens is 1. The van der Waals surface area contributed by atoms with Gasteiger partial charge in [0, 0.05) is 25.4 Å². The molecule has 4 nitrogen and oxygen atoms in total. The molecular formula is C12H30ClNO3Si. The first kappa shape index (κ1) is 20.7. The molecule has 0 radical (unpaired) electrons. The lowest BCUT2D eigenvalue weighted by Gasteiger charge is -2.35. The average molecular weight is 300 g/mol. The lowest BCUT2D eigenvalue weighted by Crippen LogP contribution is -2.51. The van der Waals surface area contributed by atoms with Crippen molar-refractivity contribution in [1.29, 1.82) is 0 Å². The number of nitrogens with two attached hydrogens (primary N) is 1. The van der Waals surface area contributed by atoms with Gasteiger partial charge in [-0.3, -0.25) is 0 Å². The van der Waals surface area contributed by atoms with Crippen LogP contribution in [-0.2, 0) is 13.3 Å². The zero-order valence-corrected chi connectivity index (χ0v) is 14.1. The molecule has 0 aliphatic heterocycles. The molecule has 1 atom stereocenters. The molecular weight excluding hydrogens is 270 g/mol. The topological polar surface area (TPSA) is 53.7 Å². The molecule has 0 aromatic carbocycles. The highest BCUT2D eigenvalue weighted by atomic mass is 35.5. The third kappa shape index (κ3) is 6.50. The smallest absolute Gasteiger partial charge is 0.374 e. The molecule has 6 heteroatoms. The van der Waals surface area contributed by atoms with Crippen molar-refractivity contribution in [3.63, 3.8) is 0 Å². The van der Waals surface area contributed by atoms with Crippen LogP contribution in [0.15, 0.2) is 0 Å². The van der Waals surface area contributed by atoms with Crippen molar-refractivity contribution >= 4 is 21.2 Å². The van der Waals surface area contributed by atoms with Crippen molar-refractivity contribution in [2.75, 3.05) is 26.4 Å². The van der Waals surface area contributed by atoms with E-state index in [1.54, 1.807) is 0 Å². The molecule has 0 bridgehead atoms. The predicted molar refractivity (Wildman–Crippen MR) is 80.2 cm³/mol. The third-order valence-corrected chi connectivity index (χ3v) is 6.34. The maximum absolute atomic E-state index is 5.92. The molecule has 0 rings (SSSR count). The molecule has 18 heavy (non-hydrogen) atoms. The Hall–Kier alpha value is 0.347. The van der Waals surface area contributed by atoms with Crippen molar-refractivity contribution in [2.24, 2.45) is 5.73 Å². The Morgan fingerprint density at radius 2 is 1.33 bits per heavy atom. The van der Waals surface area contributed by atoms with E-state index in [4.69, 9.17) is 19.0 Å². The predicted octanol–water partition coefficient (Wildman–Crippen LogP) is 2.98. The Bertz CT molecular complexity index is 164. The summed E-state index contributed by atoms with van der Waals surface area (Å²) >= 11 is 0. The number of hydrogen-bond donors (Lipinski definition) is 1. The minimum atomic E-state index is -2.55. The first-order valence-corrected chi connectivity index (χ1v) is 8.62. The summed E-state index contributed by atoms with van der Waals surface area (Å²) in [7, 11) is -2.55. The van der Waals surface area contributed by atoms with Gasteiger partial charge in [0.15, 0.2) is 0 Å². The van der Waals surface area contributed by atoms with E-state index in [-0.39, 0.29) is 12.4 Å². The van der Waals surface area contributed by atoms with E-state index in [1.165, 1.54) is 0 Å². The lowest BCUT2D eigenvalue weighted by atomic mass is 10.2. The Balaban J connectivity index is 0. The Labute approximate surface area is 119 Å². The van der Waals surface area contributed by atoms with Crippen LogP contribution >= 0.6 is 12.4 Å². The summed E-state index contributed by atoms with van der Waals surface area (Å²) < 4.78 is 17.7. The van der Waals surface area contributed by atoms with Gasteiger partial charge in [0.2, 0.25) is 0 Å². The quantitative estimate of drug-likeness (QED) is 0.596. The summed E-state index contributed by atoms with van der Waals surface area (Å²) in [5, 5.41) is 0. The normalized spacial score (nSPS) is 13.2. The van der Waals surface area contributed by atoms with Gasteiger partial charge in [0.05, 0.1) is 0 Å². The van der Waals surface area contributed by atoms with Crippen molar-refractivity contribution < 1.29 is 13.3 Å². The van der Waals surface area contributed by atoms with Crippen LogP contribution in [0.3, 0.4) is 0 Å². The fraction of sp³-hybridized carbons (Fsp3) is 1.00. The van der Waals surface area contributed by atoms with Crippen LogP contribution in [0, 0.1) is 0 Å².